The average Bonchev–Trinajstić information content (AvgIpc) is 2.94. The van der Waals surface area contributed by atoms with E-state index in [9.17, 15) is 14.7 Å². The highest BCUT2D eigenvalue weighted by Gasteiger charge is 2.22. The third kappa shape index (κ3) is 6.69. The van der Waals surface area contributed by atoms with E-state index in [1.807, 2.05) is 86.2 Å². The first-order chi connectivity index (χ1) is 18.5. The summed E-state index contributed by atoms with van der Waals surface area (Å²) in [7, 11) is 0. The maximum atomic E-state index is 13.3. The first-order valence-electron chi connectivity index (χ1n) is 12.7. The van der Waals surface area contributed by atoms with E-state index in [0.29, 0.717) is 17.7 Å². The summed E-state index contributed by atoms with van der Waals surface area (Å²) >= 11 is 1.56. The summed E-state index contributed by atoms with van der Waals surface area (Å²) in [4.78, 5) is 29.4. The van der Waals surface area contributed by atoms with Crippen LogP contribution in [0.5, 0.6) is 0 Å². The zero-order chi connectivity index (χ0) is 26.9. The molecule has 0 saturated carbocycles. The highest BCUT2D eigenvalue weighted by molar-refractivity contribution is 7.98. The molecule has 5 nitrogen and oxygen atoms in total. The molecule has 1 heterocycles. The number of carboxylic acid groups (broad SMARTS) is 1. The van der Waals surface area contributed by atoms with Gasteiger partial charge in [0.15, 0.2) is 0 Å². The number of thioether (sulfide) groups is 1. The summed E-state index contributed by atoms with van der Waals surface area (Å²) in [6, 6.07) is 25.2. The number of benzene rings is 3. The molecule has 2 N–H and O–H groups in total. The number of aliphatic carboxylic acids is 1. The molecule has 1 aromatic heterocycles. The van der Waals surface area contributed by atoms with Crippen LogP contribution in [0.2, 0.25) is 0 Å². The summed E-state index contributed by atoms with van der Waals surface area (Å²) in [6.07, 6.45) is 7.61. The second kappa shape index (κ2) is 13.1. The number of rotatable bonds is 11. The van der Waals surface area contributed by atoms with Crippen LogP contribution in [0.25, 0.3) is 22.3 Å². The zero-order valence-corrected chi connectivity index (χ0v) is 22.5. The van der Waals surface area contributed by atoms with Crippen LogP contribution in [0.1, 0.15) is 33.5 Å². The molecular weight excluding hydrogens is 492 g/mol. The predicted octanol–water partition coefficient (Wildman–Crippen LogP) is 6.45. The molecule has 6 heteroatoms. The number of aromatic nitrogens is 1. The van der Waals surface area contributed by atoms with E-state index < -0.39 is 12.0 Å². The number of amides is 1. The number of aryl methyl sites for hydroxylation is 3. The lowest BCUT2D eigenvalue weighted by Gasteiger charge is -2.18. The van der Waals surface area contributed by atoms with E-state index in [-0.39, 0.29) is 5.91 Å². The first kappa shape index (κ1) is 27.1. The Kier molecular flexibility index (Phi) is 9.33. The molecule has 0 aliphatic heterocycles. The third-order valence-corrected chi connectivity index (χ3v) is 7.29. The van der Waals surface area contributed by atoms with Gasteiger partial charge in [-0.05, 0) is 89.3 Å². The molecule has 0 spiro atoms. The molecule has 4 rings (SSSR count). The number of hydrogen-bond acceptors (Lipinski definition) is 4. The van der Waals surface area contributed by atoms with Crippen molar-refractivity contribution in [3.05, 3.63) is 114 Å². The average molecular weight is 525 g/mol. The van der Waals surface area contributed by atoms with Crippen LogP contribution >= 0.6 is 11.8 Å². The van der Waals surface area contributed by atoms with Gasteiger partial charge in [-0.25, -0.2) is 4.79 Å². The van der Waals surface area contributed by atoms with Gasteiger partial charge in [0, 0.05) is 18.0 Å². The van der Waals surface area contributed by atoms with Crippen molar-refractivity contribution in [1.82, 2.24) is 10.3 Å². The van der Waals surface area contributed by atoms with E-state index in [1.54, 1.807) is 11.8 Å². The fraction of sp³-hybridized carbons (Fsp3) is 0.219. The van der Waals surface area contributed by atoms with Gasteiger partial charge in [0.2, 0.25) is 0 Å². The zero-order valence-electron chi connectivity index (χ0n) is 21.7. The van der Waals surface area contributed by atoms with Crippen LogP contribution in [0.3, 0.4) is 0 Å². The van der Waals surface area contributed by atoms with E-state index in [2.05, 4.69) is 28.5 Å². The third-order valence-electron chi connectivity index (χ3n) is 6.65. The predicted molar refractivity (Wildman–Crippen MR) is 156 cm³/mol. The molecule has 1 amide bonds. The van der Waals surface area contributed by atoms with Crippen molar-refractivity contribution < 1.29 is 14.7 Å². The Hall–Kier alpha value is -3.90. The number of carbonyl (C=O) groups excluding carboxylic acids is 1. The Labute approximate surface area is 228 Å². The maximum Gasteiger partial charge on any atom is 0.326 e. The summed E-state index contributed by atoms with van der Waals surface area (Å²) in [5, 5.41) is 12.4. The van der Waals surface area contributed by atoms with Gasteiger partial charge >= 0.3 is 5.97 Å². The minimum atomic E-state index is -1.02. The second-order valence-corrected chi connectivity index (χ2v) is 10.2. The molecule has 38 heavy (non-hydrogen) atoms. The molecule has 0 aliphatic carbocycles. The van der Waals surface area contributed by atoms with E-state index >= 15 is 0 Å². The van der Waals surface area contributed by atoms with Gasteiger partial charge in [-0.2, -0.15) is 11.8 Å². The number of pyridine rings is 1. The fourth-order valence-corrected chi connectivity index (χ4v) is 5.05. The number of carboxylic acids is 1. The topological polar surface area (TPSA) is 79.3 Å². The molecule has 0 fully saturated rings. The number of nitrogens with zero attached hydrogens (tertiary/aromatic N) is 1. The van der Waals surface area contributed by atoms with Crippen LogP contribution < -0.4 is 5.32 Å². The van der Waals surface area contributed by atoms with Gasteiger partial charge in [-0.3, -0.25) is 9.78 Å². The van der Waals surface area contributed by atoms with Crippen molar-refractivity contribution in [3.8, 4) is 22.3 Å². The summed E-state index contributed by atoms with van der Waals surface area (Å²) < 4.78 is 0. The lowest BCUT2D eigenvalue weighted by atomic mass is 9.91. The molecule has 0 aliphatic rings. The smallest absolute Gasteiger partial charge is 0.326 e. The van der Waals surface area contributed by atoms with Crippen LogP contribution in [0.15, 0.2) is 91.3 Å². The van der Waals surface area contributed by atoms with Crippen molar-refractivity contribution in [2.45, 2.75) is 32.2 Å². The van der Waals surface area contributed by atoms with Crippen molar-refractivity contribution in [1.29, 1.82) is 0 Å². The maximum absolute atomic E-state index is 13.3. The summed E-state index contributed by atoms with van der Waals surface area (Å²) in [5.41, 5.74) is 7.88. The molecule has 4 aromatic rings. The molecular formula is C32H32N2O3S. The Morgan fingerprint density at radius 1 is 0.921 bits per heavy atom. The second-order valence-electron chi connectivity index (χ2n) is 9.24. The van der Waals surface area contributed by atoms with Crippen molar-refractivity contribution in [2.75, 3.05) is 12.0 Å². The fourth-order valence-electron chi connectivity index (χ4n) is 4.58. The van der Waals surface area contributed by atoms with Gasteiger partial charge in [0.05, 0.1) is 0 Å². The normalized spacial score (nSPS) is 11.6. The molecule has 194 valence electrons. The Balaban J connectivity index is 1.64. The Morgan fingerprint density at radius 3 is 2.42 bits per heavy atom. The molecule has 3 aromatic carbocycles. The van der Waals surface area contributed by atoms with Gasteiger partial charge in [0.1, 0.15) is 6.04 Å². The number of carbonyl (C=O) groups is 2. The highest BCUT2D eigenvalue weighted by atomic mass is 32.2. The quantitative estimate of drug-likeness (QED) is 0.236. The molecule has 0 unspecified atom stereocenters. The monoisotopic (exact) mass is 524 g/mol. The Bertz CT molecular complexity index is 1400. The van der Waals surface area contributed by atoms with Crippen molar-refractivity contribution in [3.63, 3.8) is 0 Å². The lowest BCUT2D eigenvalue weighted by Crippen LogP contribution is -2.41. The first-order valence-corrected chi connectivity index (χ1v) is 14.1. The largest absolute Gasteiger partial charge is 0.480 e. The standard InChI is InChI=1S/C32H32N2O3S/c1-22-8-6-7-11-26(22)29-20-23(13-15-28(29)31(35)34-30(32(36)37)17-19-38-2)12-14-25-21-33-18-16-27(25)24-9-4-3-5-10-24/h3-11,13,15-16,18,20-21,30H,12,14,17,19H2,1-2H3,(H,34,35)(H,36,37)/t30-/m0/s1. The number of hydrogen-bond donors (Lipinski definition) is 2. The molecule has 0 saturated heterocycles. The van der Waals surface area contributed by atoms with Crippen molar-refractivity contribution in [2.24, 2.45) is 0 Å². The molecule has 0 bridgehead atoms. The van der Waals surface area contributed by atoms with Crippen LogP contribution in [0.4, 0.5) is 0 Å². The van der Waals surface area contributed by atoms with E-state index in [1.165, 1.54) is 5.56 Å². The molecule has 1 atom stereocenters. The van der Waals surface area contributed by atoms with Crippen LogP contribution in [0, 0.1) is 6.92 Å². The minimum absolute atomic E-state index is 0.370. The van der Waals surface area contributed by atoms with Gasteiger partial charge in [0.25, 0.3) is 5.91 Å². The SMILES string of the molecule is CSCC[C@H](NC(=O)c1ccc(CCc2cnccc2-c2ccccc2)cc1-c1ccccc1C)C(=O)O. The summed E-state index contributed by atoms with van der Waals surface area (Å²) in [5.74, 6) is -0.741. The van der Waals surface area contributed by atoms with Gasteiger partial charge in [-0.1, -0.05) is 66.7 Å². The summed E-state index contributed by atoms with van der Waals surface area (Å²) in [6.45, 7) is 2.02. The van der Waals surface area contributed by atoms with Crippen LogP contribution in [-0.2, 0) is 17.6 Å². The van der Waals surface area contributed by atoms with Crippen LogP contribution in [-0.4, -0.2) is 40.0 Å². The van der Waals surface area contributed by atoms with Gasteiger partial charge < -0.3 is 10.4 Å². The lowest BCUT2D eigenvalue weighted by molar-refractivity contribution is -0.139. The van der Waals surface area contributed by atoms with E-state index in [4.69, 9.17) is 0 Å². The van der Waals surface area contributed by atoms with Gasteiger partial charge in [-0.15, -0.1) is 0 Å². The van der Waals surface area contributed by atoms with Crippen molar-refractivity contribution >= 4 is 23.6 Å². The van der Waals surface area contributed by atoms with E-state index in [0.717, 1.165) is 46.2 Å². The minimum Gasteiger partial charge on any atom is -0.480 e. The number of nitrogens with one attached hydrogen (secondary N) is 1. The molecule has 0 radical (unpaired) electrons. The Morgan fingerprint density at radius 2 is 1.68 bits per heavy atom. The highest BCUT2D eigenvalue weighted by Crippen LogP contribution is 2.30.